The molecule has 0 radical (unpaired) electrons. The monoisotopic (exact) mass is 254 g/mol. The first kappa shape index (κ1) is 11.7. The van der Waals surface area contributed by atoms with Crippen molar-refractivity contribution in [3.8, 4) is 5.75 Å². The smallest absolute Gasteiger partial charge is 0.189 e. The van der Waals surface area contributed by atoms with Gasteiger partial charge in [0, 0.05) is 23.1 Å². The Morgan fingerprint density at radius 3 is 2.68 bits per heavy atom. The molecule has 1 aliphatic rings. The molecule has 2 nitrogen and oxygen atoms in total. The zero-order chi connectivity index (χ0) is 13.4. The first-order chi connectivity index (χ1) is 9.15. The highest BCUT2D eigenvalue weighted by Crippen LogP contribution is 2.33. The highest BCUT2D eigenvalue weighted by atomic mass is 19.1. The topological polar surface area (TPSA) is 37.3 Å². The molecule has 3 rings (SSSR count). The van der Waals surface area contributed by atoms with Gasteiger partial charge in [-0.25, -0.2) is 4.39 Å². The average Bonchev–Trinajstić information content (AvgIpc) is 2.69. The third-order valence-electron chi connectivity index (χ3n) is 3.24. The minimum Gasteiger partial charge on any atom is -0.508 e. The molecule has 19 heavy (non-hydrogen) atoms. The number of halogens is 1. The van der Waals surface area contributed by atoms with Crippen LogP contribution in [0.3, 0.4) is 0 Å². The molecular formula is C16H11FO2. The van der Waals surface area contributed by atoms with Crippen molar-refractivity contribution in [2.75, 3.05) is 0 Å². The van der Waals surface area contributed by atoms with Crippen LogP contribution in [0.5, 0.6) is 5.75 Å². The van der Waals surface area contributed by atoms with Crippen LogP contribution < -0.4 is 0 Å². The minimum absolute atomic E-state index is 0.102. The summed E-state index contributed by atoms with van der Waals surface area (Å²) in [6, 6.07) is 11.0. The van der Waals surface area contributed by atoms with Crippen LogP contribution in [0.2, 0.25) is 0 Å². The average molecular weight is 254 g/mol. The lowest BCUT2D eigenvalue weighted by Gasteiger charge is -1.98. The fraction of sp³-hybridized carbons (Fsp3) is 0.0625. The van der Waals surface area contributed by atoms with Crippen molar-refractivity contribution in [1.29, 1.82) is 0 Å². The van der Waals surface area contributed by atoms with Gasteiger partial charge in [0.2, 0.25) is 0 Å². The molecule has 0 saturated heterocycles. The van der Waals surface area contributed by atoms with Crippen LogP contribution >= 0.6 is 0 Å². The van der Waals surface area contributed by atoms with Crippen molar-refractivity contribution < 1.29 is 14.3 Å². The van der Waals surface area contributed by atoms with E-state index < -0.39 is 0 Å². The quantitative estimate of drug-likeness (QED) is 0.792. The Balaban J connectivity index is 2.02. The molecule has 2 aromatic carbocycles. The number of Topliss-reactive ketones (excluding diaryl/α,β-unsaturated/α-hetero) is 1. The predicted octanol–water partition coefficient (Wildman–Crippen LogP) is 3.35. The van der Waals surface area contributed by atoms with Gasteiger partial charge in [-0.2, -0.15) is 0 Å². The molecule has 0 spiro atoms. The van der Waals surface area contributed by atoms with E-state index in [0.29, 0.717) is 28.7 Å². The number of carbonyl (C=O) groups excluding carboxylic acids is 1. The van der Waals surface area contributed by atoms with Gasteiger partial charge in [0.1, 0.15) is 11.6 Å². The largest absolute Gasteiger partial charge is 0.508 e. The molecule has 0 heterocycles. The second-order valence-corrected chi connectivity index (χ2v) is 4.53. The Morgan fingerprint density at radius 2 is 1.95 bits per heavy atom. The van der Waals surface area contributed by atoms with Gasteiger partial charge < -0.3 is 5.11 Å². The number of ketones is 1. The maximum absolute atomic E-state index is 13.1. The van der Waals surface area contributed by atoms with Crippen molar-refractivity contribution in [2.24, 2.45) is 0 Å². The van der Waals surface area contributed by atoms with Gasteiger partial charge in [-0.05, 0) is 29.8 Å². The van der Waals surface area contributed by atoms with Crippen molar-refractivity contribution in [1.82, 2.24) is 0 Å². The highest BCUT2D eigenvalue weighted by Gasteiger charge is 2.26. The normalized spacial score (nSPS) is 15.8. The summed E-state index contributed by atoms with van der Waals surface area (Å²) in [5, 5.41) is 9.74. The maximum Gasteiger partial charge on any atom is 0.189 e. The van der Waals surface area contributed by atoms with E-state index in [1.54, 1.807) is 36.4 Å². The SMILES string of the molecule is O=C1C(=Cc2cccc(F)c2)Cc2c(O)cccc21. The fourth-order valence-corrected chi connectivity index (χ4v) is 2.33. The number of allylic oxidation sites excluding steroid dienone is 1. The van der Waals surface area contributed by atoms with E-state index in [4.69, 9.17) is 0 Å². The lowest BCUT2D eigenvalue weighted by atomic mass is 10.1. The van der Waals surface area contributed by atoms with Crippen LogP contribution in [0.4, 0.5) is 4.39 Å². The second kappa shape index (κ2) is 4.35. The molecule has 3 heteroatoms. The summed E-state index contributed by atoms with van der Waals surface area (Å²) in [5.41, 5.74) is 2.40. The highest BCUT2D eigenvalue weighted by molar-refractivity contribution is 6.16. The van der Waals surface area contributed by atoms with Crippen LogP contribution in [0.15, 0.2) is 48.0 Å². The van der Waals surface area contributed by atoms with Crippen LogP contribution in [0.1, 0.15) is 21.5 Å². The van der Waals surface area contributed by atoms with Gasteiger partial charge in [-0.15, -0.1) is 0 Å². The predicted molar refractivity (Wildman–Crippen MR) is 70.5 cm³/mol. The van der Waals surface area contributed by atoms with E-state index in [-0.39, 0.29) is 17.3 Å². The summed E-state index contributed by atoms with van der Waals surface area (Å²) in [6.45, 7) is 0. The van der Waals surface area contributed by atoms with E-state index >= 15 is 0 Å². The third-order valence-corrected chi connectivity index (χ3v) is 3.24. The maximum atomic E-state index is 13.1. The Hall–Kier alpha value is -2.42. The van der Waals surface area contributed by atoms with E-state index in [9.17, 15) is 14.3 Å². The summed E-state index contributed by atoms with van der Waals surface area (Å²) < 4.78 is 13.1. The molecule has 1 aliphatic carbocycles. The van der Waals surface area contributed by atoms with E-state index in [2.05, 4.69) is 0 Å². The first-order valence-electron chi connectivity index (χ1n) is 5.97. The minimum atomic E-state index is -0.333. The summed E-state index contributed by atoms with van der Waals surface area (Å²) in [5.74, 6) is -0.302. The van der Waals surface area contributed by atoms with E-state index in [1.165, 1.54) is 12.1 Å². The Bertz CT molecular complexity index is 702. The van der Waals surface area contributed by atoms with Crippen LogP contribution in [0.25, 0.3) is 6.08 Å². The molecule has 0 saturated carbocycles. The number of hydrogen-bond acceptors (Lipinski definition) is 2. The molecule has 94 valence electrons. The molecule has 0 amide bonds. The zero-order valence-corrected chi connectivity index (χ0v) is 10.1. The molecule has 0 aromatic heterocycles. The zero-order valence-electron chi connectivity index (χ0n) is 10.1. The number of phenolic OH excluding ortho intramolecular Hbond substituents is 1. The Kier molecular flexibility index (Phi) is 2.67. The Morgan fingerprint density at radius 1 is 1.16 bits per heavy atom. The molecule has 0 unspecified atom stereocenters. The fourth-order valence-electron chi connectivity index (χ4n) is 2.33. The molecule has 0 aliphatic heterocycles. The molecule has 2 aromatic rings. The first-order valence-corrected chi connectivity index (χ1v) is 5.97. The lowest BCUT2D eigenvalue weighted by Crippen LogP contribution is -1.95. The van der Waals surface area contributed by atoms with Crippen LogP contribution in [-0.4, -0.2) is 10.9 Å². The third kappa shape index (κ3) is 2.03. The number of phenols is 1. The molecule has 0 fully saturated rings. The number of aromatic hydroxyl groups is 1. The van der Waals surface area contributed by atoms with Crippen molar-refractivity contribution in [3.05, 3.63) is 70.5 Å². The summed E-state index contributed by atoms with van der Waals surface area (Å²) in [4.78, 5) is 12.2. The molecule has 1 N–H and O–H groups in total. The van der Waals surface area contributed by atoms with Gasteiger partial charge in [-0.1, -0.05) is 24.3 Å². The standard InChI is InChI=1S/C16H11FO2/c17-12-4-1-3-10(8-12)7-11-9-14-13(16(11)19)5-2-6-15(14)18/h1-8,18H,9H2. The van der Waals surface area contributed by atoms with Gasteiger partial charge >= 0.3 is 0 Å². The molecular weight excluding hydrogens is 243 g/mol. The van der Waals surface area contributed by atoms with Crippen LogP contribution in [-0.2, 0) is 6.42 Å². The van der Waals surface area contributed by atoms with Crippen molar-refractivity contribution in [3.63, 3.8) is 0 Å². The number of carbonyl (C=O) groups is 1. The number of fused-ring (bicyclic) bond motifs is 1. The summed E-state index contributed by atoms with van der Waals surface area (Å²) in [6.07, 6.45) is 2.06. The van der Waals surface area contributed by atoms with Gasteiger partial charge in [0.05, 0.1) is 0 Å². The van der Waals surface area contributed by atoms with Crippen molar-refractivity contribution >= 4 is 11.9 Å². The Labute approximate surface area is 109 Å². The second-order valence-electron chi connectivity index (χ2n) is 4.53. The summed E-state index contributed by atoms with van der Waals surface area (Å²) >= 11 is 0. The van der Waals surface area contributed by atoms with E-state index in [0.717, 1.165) is 0 Å². The number of benzene rings is 2. The van der Waals surface area contributed by atoms with Crippen molar-refractivity contribution in [2.45, 2.75) is 6.42 Å². The lowest BCUT2D eigenvalue weighted by molar-refractivity contribution is 0.104. The molecule has 0 bridgehead atoms. The summed E-state index contributed by atoms with van der Waals surface area (Å²) in [7, 11) is 0. The number of hydrogen-bond donors (Lipinski definition) is 1. The number of rotatable bonds is 1. The van der Waals surface area contributed by atoms with Gasteiger partial charge in [0.15, 0.2) is 5.78 Å². The van der Waals surface area contributed by atoms with Gasteiger partial charge in [-0.3, -0.25) is 4.79 Å². The van der Waals surface area contributed by atoms with Gasteiger partial charge in [0.25, 0.3) is 0 Å². The van der Waals surface area contributed by atoms with Crippen LogP contribution in [0, 0.1) is 5.82 Å². The van der Waals surface area contributed by atoms with E-state index in [1.807, 2.05) is 0 Å². The molecule has 0 atom stereocenters.